The van der Waals surface area contributed by atoms with Crippen LogP contribution in [0.25, 0.3) is 0 Å². The van der Waals surface area contributed by atoms with Gasteiger partial charge < -0.3 is 0 Å². The van der Waals surface area contributed by atoms with Gasteiger partial charge in [0.2, 0.25) is 0 Å². The molecule has 11 heavy (non-hydrogen) atoms. The van der Waals surface area contributed by atoms with E-state index in [0.717, 1.165) is 0 Å². The Kier molecular flexibility index (Phi) is 1.78. The molecular formula is C7H7F3O. The van der Waals surface area contributed by atoms with Gasteiger partial charge in [0.15, 0.2) is 5.78 Å². The third-order valence-corrected chi connectivity index (χ3v) is 1.76. The highest BCUT2D eigenvalue weighted by Gasteiger charge is 2.46. The van der Waals surface area contributed by atoms with Gasteiger partial charge in [-0.15, -0.1) is 0 Å². The summed E-state index contributed by atoms with van der Waals surface area (Å²) in [5, 5.41) is 0. The summed E-state index contributed by atoms with van der Waals surface area (Å²) in [5.41, 5.74) is 0.229. The molecule has 1 aliphatic rings. The molecule has 1 nitrogen and oxygen atoms in total. The van der Waals surface area contributed by atoms with Crippen molar-refractivity contribution < 1.29 is 18.0 Å². The minimum atomic E-state index is -4.37. The summed E-state index contributed by atoms with van der Waals surface area (Å²) in [6.07, 6.45) is -3.22. The van der Waals surface area contributed by atoms with Crippen LogP contribution in [0.2, 0.25) is 0 Å². The van der Waals surface area contributed by atoms with Crippen molar-refractivity contribution >= 4 is 5.78 Å². The number of hydrogen-bond donors (Lipinski definition) is 0. The second-order valence-electron chi connectivity index (χ2n) is 2.58. The minimum absolute atomic E-state index is 0.186. The SMILES string of the molecule is CC1=CCC(C(F)(F)F)C1=O. The van der Waals surface area contributed by atoms with Crippen LogP contribution in [0.4, 0.5) is 13.2 Å². The summed E-state index contributed by atoms with van der Waals surface area (Å²) in [6, 6.07) is 0. The molecule has 0 amide bonds. The average Bonchev–Trinajstić information content (AvgIpc) is 2.11. The summed E-state index contributed by atoms with van der Waals surface area (Å²) in [5.74, 6) is -2.56. The van der Waals surface area contributed by atoms with Crippen LogP contribution in [-0.4, -0.2) is 12.0 Å². The molecule has 0 N–H and O–H groups in total. The van der Waals surface area contributed by atoms with Gasteiger partial charge in [-0.05, 0) is 18.9 Å². The largest absolute Gasteiger partial charge is 0.399 e. The number of carbonyl (C=O) groups excluding carboxylic acids is 1. The number of alkyl halides is 3. The molecule has 0 spiro atoms. The molecule has 0 bridgehead atoms. The predicted octanol–water partition coefficient (Wildman–Crippen LogP) is 2.08. The monoisotopic (exact) mass is 164 g/mol. The van der Waals surface area contributed by atoms with Gasteiger partial charge in [-0.2, -0.15) is 13.2 Å². The van der Waals surface area contributed by atoms with E-state index in [-0.39, 0.29) is 12.0 Å². The van der Waals surface area contributed by atoms with Gasteiger partial charge in [0.05, 0.1) is 0 Å². The lowest BCUT2D eigenvalue weighted by Crippen LogP contribution is -2.27. The number of hydrogen-bond acceptors (Lipinski definition) is 1. The van der Waals surface area contributed by atoms with E-state index in [9.17, 15) is 18.0 Å². The maximum Gasteiger partial charge on any atom is 0.399 e. The summed E-state index contributed by atoms with van der Waals surface area (Å²) in [7, 11) is 0. The standard InChI is InChI=1S/C7H7F3O/c1-4-2-3-5(6(4)11)7(8,9)10/h2,5H,3H2,1H3. The van der Waals surface area contributed by atoms with Crippen LogP contribution in [0.15, 0.2) is 11.6 Å². The van der Waals surface area contributed by atoms with Crippen molar-refractivity contribution in [1.82, 2.24) is 0 Å². The highest BCUT2D eigenvalue weighted by Crippen LogP contribution is 2.35. The van der Waals surface area contributed by atoms with E-state index in [1.54, 1.807) is 0 Å². The van der Waals surface area contributed by atoms with Crippen LogP contribution in [0.5, 0.6) is 0 Å². The van der Waals surface area contributed by atoms with E-state index in [1.807, 2.05) is 0 Å². The molecule has 1 aliphatic carbocycles. The van der Waals surface area contributed by atoms with E-state index in [2.05, 4.69) is 0 Å². The van der Waals surface area contributed by atoms with Crippen LogP contribution in [-0.2, 0) is 4.79 Å². The summed E-state index contributed by atoms with van der Waals surface area (Å²) in [6.45, 7) is 1.41. The molecule has 0 aromatic carbocycles. The maximum absolute atomic E-state index is 11.9. The Bertz CT molecular complexity index is 214. The molecule has 1 atom stereocenters. The second-order valence-corrected chi connectivity index (χ2v) is 2.58. The van der Waals surface area contributed by atoms with Gasteiger partial charge in [-0.25, -0.2) is 0 Å². The molecule has 0 aliphatic heterocycles. The van der Waals surface area contributed by atoms with Crippen molar-refractivity contribution in [3.63, 3.8) is 0 Å². The lowest BCUT2D eigenvalue weighted by atomic mass is 10.0. The van der Waals surface area contributed by atoms with E-state index in [1.165, 1.54) is 13.0 Å². The fraction of sp³-hybridized carbons (Fsp3) is 0.571. The number of allylic oxidation sites excluding steroid dienone is 2. The van der Waals surface area contributed by atoms with Gasteiger partial charge in [-0.1, -0.05) is 6.08 Å². The molecule has 0 heterocycles. The summed E-state index contributed by atoms with van der Waals surface area (Å²) < 4.78 is 35.8. The predicted molar refractivity (Wildman–Crippen MR) is 32.9 cm³/mol. The van der Waals surface area contributed by atoms with Crippen LogP contribution in [0.3, 0.4) is 0 Å². The smallest absolute Gasteiger partial charge is 0.294 e. The number of Topliss-reactive ketones (excluding diaryl/α,β-unsaturated/α-hetero) is 1. The second kappa shape index (κ2) is 2.36. The van der Waals surface area contributed by atoms with Gasteiger partial charge >= 0.3 is 6.18 Å². The Balaban J connectivity index is 2.76. The first-order valence-corrected chi connectivity index (χ1v) is 3.20. The molecule has 62 valence electrons. The molecular weight excluding hydrogens is 157 g/mol. The molecule has 0 fully saturated rings. The van der Waals surface area contributed by atoms with Gasteiger partial charge in [0, 0.05) is 0 Å². The van der Waals surface area contributed by atoms with Crippen LogP contribution in [0.1, 0.15) is 13.3 Å². The Labute approximate surface area is 61.9 Å². The van der Waals surface area contributed by atoms with Gasteiger partial charge in [-0.3, -0.25) is 4.79 Å². The van der Waals surface area contributed by atoms with E-state index < -0.39 is 17.9 Å². The van der Waals surface area contributed by atoms with Crippen molar-refractivity contribution in [1.29, 1.82) is 0 Å². The van der Waals surface area contributed by atoms with Crippen molar-refractivity contribution in [2.24, 2.45) is 5.92 Å². The maximum atomic E-state index is 11.9. The highest BCUT2D eigenvalue weighted by atomic mass is 19.4. The molecule has 1 unspecified atom stereocenters. The number of rotatable bonds is 0. The van der Waals surface area contributed by atoms with Crippen molar-refractivity contribution in [2.45, 2.75) is 19.5 Å². The Morgan fingerprint density at radius 2 is 2.09 bits per heavy atom. The van der Waals surface area contributed by atoms with E-state index in [4.69, 9.17) is 0 Å². The summed E-state index contributed by atoms with van der Waals surface area (Å²) >= 11 is 0. The molecule has 1 rings (SSSR count). The van der Waals surface area contributed by atoms with Crippen LogP contribution < -0.4 is 0 Å². The van der Waals surface area contributed by atoms with Crippen molar-refractivity contribution in [3.8, 4) is 0 Å². The fourth-order valence-corrected chi connectivity index (χ4v) is 1.06. The third-order valence-electron chi connectivity index (χ3n) is 1.76. The Hall–Kier alpha value is -0.800. The number of halogens is 3. The molecule has 4 heteroatoms. The Morgan fingerprint density at radius 3 is 2.27 bits per heavy atom. The minimum Gasteiger partial charge on any atom is -0.294 e. The number of carbonyl (C=O) groups is 1. The first kappa shape index (κ1) is 8.30. The number of ketones is 1. The molecule has 0 radical (unpaired) electrons. The van der Waals surface area contributed by atoms with E-state index >= 15 is 0 Å². The van der Waals surface area contributed by atoms with Gasteiger partial charge in [0.1, 0.15) is 5.92 Å². The Morgan fingerprint density at radius 1 is 1.55 bits per heavy atom. The quantitative estimate of drug-likeness (QED) is 0.535. The lowest BCUT2D eigenvalue weighted by Gasteiger charge is -2.12. The van der Waals surface area contributed by atoms with Gasteiger partial charge in [0.25, 0.3) is 0 Å². The topological polar surface area (TPSA) is 17.1 Å². The third kappa shape index (κ3) is 1.44. The highest BCUT2D eigenvalue weighted by molar-refractivity contribution is 5.99. The average molecular weight is 164 g/mol. The zero-order chi connectivity index (χ0) is 8.65. The molecule has 0 aromatic heterocycles. The summed E-state index contributed by atoms with van der Waals surface area (Å²) in [4.78, 5) is 10.8. The fourth-order valence-electron chi connectivity index (χ4n) is 1.06. The zero-order valence-corrected chi connectivity index (χ0v) is 5.90. The molecule has 0 saturated carbocycles. The van der Waals surface area contributed by atoms with Crippen LogP contribution in [0, 0.1) is 5.92 Å². The van der Waals surface area contributed by atoms with Crippen molar-refractivity contribution in [2.75, 3.05) is 0 Å². The van der Waals surface area contributed by atoms with Crippen molar-refractivity contribution in [3.05, 3.63) is 11.6 Å². The molecule has 0 aromatic rings. The first-order chi connectivity index (χ1) is 4.93. The lowest BCUT2D eigenvalue weighted by molar-refractivity contribution is -0.176. The molecule has 0 saturated heterocycles. The zero-order valence-electron chi connectivity index (χ0n) is 5.90. The first-order valence-electron chi connectivity index (χ1n) is 3.20. The normalized spacial score (nSPS) is 25.6. The van der Waals surface area contributed by atoms with Crippen LogP contribution >= 0.6 is 0 Å². The van der Waals surface area contributed by atoms with E-state index in [0.29, 0.717) is 0 Å².